The summed E-state index contributed by atoms with van der Waals surface area (Å²) < 4.78 is 0. The Morgan fingerprint density at radius 3 is 2.60 bits per heavy atom. The summed E-state index contributed by atoms with van der Waals surface area (Å²) in [5.41, 5.74) is 2.28. The molecule has 1 N–H and O–H groups in total. The van der Waals surface area contributed by atoms with E-state index >= 15 is 0 Å². The highest BCUT2D eigenvalue weighted by molar-refractivity contribution is 6.30. The first-order valence-electron chi connectivity index (χ1n) is 6.19. The number of para-hydroxylation sites is 1. The first-order chi connectivity index (χ1) is 9.47. The number of anilines is 2. The third-order valence-electron chi connectivity index (χ3n) is 2.89. The molecular formula is C15H16ClN3O. The summed E-state index contributed by atoms with van der Waals surface area (Å²) in [4.78, 5) is 18.2. The van der Waals surface area contributed by atoms with Crippen LogP contribution >= 0.6 is 11.6 Å². The molecular weight excluding hydrogens is 274 g/mol. The smallest absolute Gasteiger partial charge is 0.255 e. The monoisotopic (exact) mass is 289 g/mol. The lowest BCUT2D eigenvalue weighted by molar-refractivity contribution is 0.102. The molecule has 0 aliphatic heterocycles. The van der Waals surface area contributed by atoms with Crippen molar-refractivity contribution in [3.63, 3.8) is 0 Å². The molecule has 0 bridgehead atoms. The van der Waals surface area contributed by atoms with Crippen molar-refractivity contribution in [3.8, 4) is 0 Å². The molecule has 1 amide bonds. The summed E-state index contributed by atoms with van der Waals surface area (Å²) in [5.74, 6) is 0.444. The van der Waals surface area contributed by atoms with Crippen molar-refractivity contribution in [1.29, 1.82) is 0 Å². The molecule has 1 heterocycles. The molecule has 2 aromatic rings. The number of carbonyl (C=O) groups excluding carboxylic acids is 1. The zero-order valence-corrected chi connectivity index (χ0v) is 12.4. The maximum absolute atomic E-state index is 12.3. The Kier molecular flexibility index (Phi) is 4.25. The van der Waals surface area contributed by atoms with Gasteiger partial charge in [0.05, 0.1) is 0 Å². The minimum atomic E-state index is -0.202. The van der Waals surface area contributed by atoms with E-state index in [0.29, 0.717) is 16.5 Å². The van der Waals surface area contributed by atoms with E-state index in [1.54, 1.807) is 17.0 Å². The van der Waals surface area contributed by atoms with E-state index in [9.17, 15) is 4.79 Å². The molecule has 20 heavy (non-hydrogen) atoms. The van der Waals surface area contributed by atoms with Crippen molar-refractivity contribution in [2.45, 2.75) is 6.92 Å². The van der Waals surface area contributed by atoms with Gasteiger partial charge in [-0.15, -0.1) is 0 Å². The fourth-order valence-corrected chi connectivity index (χ4v) is 1.96. The van der Waals surface area contributed by atoms with Crippen LogP contribution in [-0.4, -0.2) is 25.0 Å². The first-order valence-corrected chi connectivity index (χ1v) is 6.57. The van der Waals surface area contributed by atoms with Crippen LogP contribution in [0, 0.1) is 6.92 Å². The van der Waals surface area contributed by atoms with Crippen molar-refractivity contribution in [1.82, 2.24) is 4.98 Å². The molecule has 0 atom stereocenters. The number of carbonyl (C=O) groups is 1. The summed E-state index contributed by atoms with van der Waals surface area (Å²) in [6.07, 6.45) is 0. The molecule has 4 nitrogen and oxygen atoms in total. The number of hydrogen-bond acceptors (Lipinski definition) is 3. The van der Waals surface area contributed by atoms with Gasteiger partial charge in [-0.2, -0.15) is 0 Å². The van der Waals surface area contributed by atoms with Crippen molar-refractivity contribution in [2.75, 3.05) is 24.3 Å². The van der Waals surface area contributed by atoms with Gasteiger partial charge in [-0.1, -0.05) is 29.8 Å². The Labute approximate surface area is 123 Å². The minimum absolute atomic E-state index is 0.202. The lowest BCUT2D eigenvalue weighted by Crippen LogP contribution is -2.16. The van der Waals surface area contributed by atoms with E-state index in [1.165, 1.54) is 0 Å². The standard InChI is InChI=1S/C15H16ClN3O/c1-10-6-4-5-7-12(10)17-15(20)11-8-13(16)18-14(9-11)19(2)3/h4-9H,1-3H3,(H,17,20). The SMILES string of the molecule is Cc1ccccc1NC(=O)c1cc(Cl)nc(N(C)C)c1. The van der Waals surface area contributed by atoms with Crippen LogP contribution < -0.4 is 10.2 Å². The van der Waals surface area contributed by atoms with Crippen molar-refractivity contribution < 1.29 is 4.79 Å². The van der Waals surface area contributed by atoms with Gasteiger partial charge in [0.15, 0.2) is 0 Å². The Morgan fingerprint density at radius 2 is 1.95 bits per heavy atom. The van der Waals surface area contributed by atoms with Gasteiger partial charge >= 0.3 is 0 Å². The summed E-state index contributed by atoms with van der Waals surface area (Å²) in [5, 5.41) is 3.17. The zero-order valence-electron chi connectivity index (χ0n) is 11.6. The second kappa shape index (κ2) is 5.92. The Morgan fingerprint density at radius 1 is 1.25 bits per heavy atom. The Bertz CT molecular complexity index is 641. The number of rotatable bonds is 3. The van der Waals surface area contributed by atoms with Crippen molar-refractivity contribution in [2.24, 2.45) is 0 Å². The third kappa shape index (κ3) is 3.27. The second-order valence-corrected chi connectivity index (χ2v) is 5.09. The van der Waals surface area contributed by atoms with Crippen LogP contribution in [0.15, 0.2) is 36.4 Å². The van der Waals surface area contributed by atoms with Crippen molar-refractivity contribution >= 4 is 29.0 Å². The summed E-state index contributed by atoms with van der Waals surface area (Å²) in [6, 6.07) is 10.9. The lowest BCUT2D eigenvalue weighted by Gasteiger charge is -2.13. The average Bonchev–Trinajstić information content (AvgIpc) is 2.40. The number of pyridine rings is 1. The first kappa shape index (κ1) is 14.3. The summed E-state index contributed by atoms with van der Waals surface area (Å²) in [6.45, 7) is 1.94. The molecule has 0 fully saturated rings. The molecule has 0 aliphatic rings. The topological polar surface area (TPSA) is 45.2 Å². The fourth-order valence-electron chi connectivity index (χ4n) is 1.75. The van der Waals surface area contributed by atoms with E-state index in [-0.39, 0.29) is 5.91 Å². The molecule has 0 unspecified atom stereocenters. The van der Waals surface area contributed by atoms with Gasteiger partial charge in [0.1, 0.15) is 11.0 Å². The van der Waals surface area contributed by atoms with E-state index < -0.39 is 0 Å². The van der Waals surface area contributed by atoms with Crippen LogP contribution in [0.25, 0.3) is 0 Å². The number of hydrogen-bond donors (Lipinski definition) is 1. The predicted molar refractivity (Wildman–Crippen MR) is 82.7 cm³/mol. The Balaban J connectivity index is 2.28. The lowest BCUT2D eigenvalue weighted by atomic mass is 10.2. The van der Waals surface area contributed by atoms with E-state index in [0.717, 1.165) is 11.3 Å². The van der Waals surface area contributed by atoms with Crippen LogP contribution in [0.5, 0.6) is 0 Å². The Hall–Kier alpha value is -2.07. The number of nitrogens with one attached hydrogen (secondary N) is 1. The molecule has 2 rings (SSSR count). The van der Waals surface area contributed by atoms with Gasteiger partial charge in [0, 0.05) is 25.3 Å². The van der Waals surface area contributed by atoms with E-state index in [4.69, 9.17) is 11.6 Å². The summed E-state index contributed by atoms with van der Waals surface area (Å²) >= 11 is 5.95. The molecule has 0 spiro atoms. The van der Waals surface area contributed by atoms with Crippen LogP contribution in [0.1, 0.15) is 15.9 Å². The van der Waals surface area contributed by atoms with Gasteiger partial charge < -0.3 is 10.2 Å². The third-order valence-corrected chi connectivity index (χ3v) is 3.09. The number of aromatic nitrogens is 1. The van der Waals surface area contributed by atoms with Gasteiger partial charge in [-0.25, -0.2) is 4.98 Å². The van der Waals surface area contributed by atoms with Gasteiger partial charge in [0.25, 0.3) is 5.91 Å². The highest BCUT2D eigenvalue weighted by atomic mass is 35.5. The summed E-state index contributed by atoms with van der Waals surface area (Å²) in [7, 11) is 3.70. The van der Waals surface area contributed by atoms with Gasteiger partial charge in [-0.05, 0) is 30.7 Å². The largest absolute Gasteiger partial charge is 0.363 e. The highest BCUT2D eigenvalue weighted by Crippen LogP contribution is 2.19. The minimum Gasteiger partial charge on any atom is -0.363 e. The molecule has 0 radical (unpaired) electrons. The molecule has 0 saturated carbocycles. The number of aryl methyl sites for hydroxylation is 1. The highest BCUT2D eigenvalue weighted by Gasteiger charge is 2.11. The van der Waals surface area contributed by atoms with Crippen molar-refractivity contribution in [3.05, 3.63) is 52.7 Å². The number of nitrogens with zero attached hydrogens (tertiary/aromatic N) is 2. The fraction of sp³-hybridized carbons (Fsp3) is 0.200. The van der Waals surface area contributed by atoms with Crippen LogP contribution in [0.2, 0.25) is 5.15 Å². The molecule has 0 aliphatic carbocycles. The number of amides is 1. The van der Waals surface area contributed by atoms with Gasteiger partial charge in [-0.3, -0.25) is 4.79 Å². The molecule has 104 valence electrons. The molecule has 1 aromatic heterocycles. The normalized spacial score (nSPS) is 10.2. The number of halogens is 1. The molecule has 0 saturated heterocycles. The maximum Gasteiger partial charge on any atom is 0.255 e. The van der Waals surface area contributed by atoms with Crippen LogP contribution in [0.4, 0.5) is 11.5 Å². The predicted octanol–water partition coefficient (Wildman–Crippen LogP) is 3.36. The quantitative estimate of drug-likeness (QED) is 0.881. The second-order valence-electron chi connectivity index (χ2n) is 4.70. The molecule has 1 aromatic carbocycles. The van der Waals surface area contributed by atoms with Gasteiger partial charge in [0.2, 0.25) is 0 Å². The molecule has 5 heteroatoms. The average molecular weight is 290 g/mol. The zero-order chi connectivity index (χ0) is 14.7. The van der Waals surface area contributed by atoms with E-state index in [2.05, 4.69) is 10.3 Å². The van der Waals surface area contributed by atoms with Crippen LogP contribution in [-0.2, 0) is 0 Å². The number of benzene rings is 1. The maximum atomic E-state index is 12.3. The van der Waals surface area contributed by atoms with E-state index in [1.807, 2.05) is 45.3 Å². The van der Waals surface area contributed by atoms with Crippen LogP contribution in [0.3, 0.4) is 0 Å².